The van der Waals surface area contributed by atoms with Crippen LogP contribution in [0, 0.1) is 0 Å². The first-order chi connectivity index (χ1) is 7.66. The van der Waals surface area contributed by atoms with E-state index in [2.05, 4.69) is 10.6 Å². The van der Waals surface area contributed by atoms with Crippen LogP contribution in [0.15, 0.2) is 0 Å². The molecule has 1 aliphatic rings. The summed E-state index contributed by atoms with van der Waals surface area (Å²) < 4.78 is 15.6. The molecule has 0 aliphatic carbocycles. The van der Waals surface area contributed by atoms with Crippen molar-refractivity contribution < 1.29 is 19.0 Å². The van der Waals surface area contributed by atoms with Crippen LogP contribution >= 0.6 is 0 Å². The van der Waals surface area contributed by atoms with Crippen LogP contribution in [0.2, 0.25) is 0 Å². The number of rotatable bonds is 6. The average molecular weight is 232 g/mol. The van der Waals surface area contributed by atoms with Gasteiger partial charge < -0.3 is 24.8 Å². The molecule has 94 valence electrons. The maximum absolute atomic E-state index is 11.2. The normalized spacial score (nSPS) is 18.4. The van der Waals surface area contributed by atoms with E-state index < -0.39 is 5.79 Å². The van der Waals surface area contributed by atoms with Crippen LogP contribution in [0.4, 0.5) is 4.79 Å². The number of urea groups is 1. The van der Waals surface area contributed by atoms with Crippen molar-refractivity contribution in [2.24, 2.45) is 0 Å². The predicted molar refractivity (Wildman–Crippen MR) is 58.2 cm³/mol. The summed E-state index contributed by atoms with van der Waals surface area (Å²) in [4.78, 5) is 11.2. The minimum atomic E-state index is -0.542. The minimum absolute atomic E-state index is 0.196. The molecule has 1 aliphatic heterocycles. The summed E-state index contributed by atoms with van der Waals surface area (Å²) >= 11 is 0. The zero-order valence-electron chi connectivity index (χ0n) is 9.88. The Labute approximate surface area is 95.6 Å². The van der Waals surface area contributed by atoms with Crippen LogP contribution in [-0.4, -0.2) is 51.8 Å². The third kappa shape index (κ3) is 4.78. The Bertz CT molecular complexity index is 217. The topological polar surface area (TPSA) is 68.8 Å². The molecule has 2 amide bonds. The largest absolute Gasteiger partial charge is 0.383 e. The molecule has 0 spiro atoms. The summed E-state index contributed by atoms with van der Waals surface area (Å²) in [7, 11) is 1.59. The Balaban J connectivity index is 2.03. The molecular formula is C10H20N2O4. The molecule has 0 aromatic heterocycles. The molecule has 1 saturated heterocycles. The van der Waals surface area contributed by atoms with Gasteiger partial charge in [0.15, 0.2) is 5.79 Å². The second-order valence-electron chi connectivity index (χ2n) is 3.76. The van der Waals surface area contributed by atoms with Crippen molar-refractivity contribution in [3.8, 4) is 0 Å². The summed E-state index contributed by atoms with van der Waals surface area (Å²) in [5, 5.41) is 5.39. The Morgan fingerprint density at radius 3 is 2.56 bits per heavy atom. The van der Waals surface area contributed by atoms with E-state index in [9.17, 15) is 4.79 Å². The standard InChI is InChI=1S/C10H20N2O4/c1-10(15-7-8-16-10)3-4-11-9(13)12-5-6-14-2/h3-8H2,1-2H3,(H2,11,12,13). The van der Waals surface area contributed by atoms with Gasteiger partial charge in [-0.05, 0) is 6.92 Å². The highest BCUT2D eigenvalue weighted by Crippen LogP contribution is 2.21. The summed E-state index contributed by atoms with van der Waals surface area (Å²) in [6.45, 7) is 4.66. The molecule has 0 bridgehead atoms. The van der Waals surface area contributed by atoms with Gasteiger partial charge in [-0.2, -0.15) is 0 Å². The van der Waals surface area contributed by atoms with Crippen molar-refractivity contribution in [3.05, 3.63) is 0 Å². The Morgan fingerprint density at radius 2 is 1.94 bits per heavy atom. The number of carbonyl (C=O) groups is 1. The number of methoxy groups -OCH3 is 1. The van der Waals surface area contributed by atoms with Crippen LogP contribution in [0.1, 0.15) is 13.3 Å². The van der Waals surface area contributed by atoms with E-state index in [4.69, 9.17) is 14.2 Å². The molecule has 2 N–H and O–H groups in total. The lowest BCUT2D eigenvalue weighted by Gasteiger charge is -2.22. The van der Waals surface area contributed by atoms with Gasteiger partial charge in [-0.15, -0.1) is 0 Å². The molecule has 6 heteroatoms. The van der Waals surface area contributed by atoms with Crippen molar-refractivity contribution in [2.75, 3.05) is 40.0 Å². The van der Waals surface area contributed by atoms with Crippen LogP contribution in [0.5, 0.6) is 0 Å². The third-order valence-corrected chi connectivity index (χ3v) is 2.35. The van der Waals surface area contributed by atoms with Gasteiger partial charge in [-0.25, -0.2) is 4.79 Å². The Morgan fingerprint density at radius 1 is 1.31 bits per heavy atom. The summed E-state index contributed by atoms with van der Waals surface area (Å²) in [6.07, 6.45) is 0.644. The maximum Gasteiger partial charge on any atom is 0.314 e. The number of hydrogen-bond acceptors (Lipinski definition) is 4. The molecule has 0 atom stereocenters. The van der Waals surface area contributed by atoms with Gasteiger partial charge in [0.05, 0.1) is 19.8 Å². The van der Waals surface area contributed by atoms with Crippen LogP contribution in [-0.2, 0) is 14.2 Å². The fourth-order valence-electron chi connectivity index (χ4n) is 1.43. The van der Waals surface area contributed by atoms with Crippen molar-refractivity contribution in [3.63, 3.8) is 0 Å². The molecular weight excluding hydrogens is 212 g/mol. The highest BCUT2D eigenvalue weighted by atomic mass is 16.7. The van der Waals surface area contributed by atoms with E-state index in [1.54, 1.807) is 7.11 Å². The Kier molecular flexibility index (Phi) is 5.51. The lowest BCUT2D eigenvalue weighted by molar-refractivity contribution is -0.145. The van der Waals surface area contributed by atoms with Gasteiger partial charge >= 0.3 is 6.03 Å². The number of carbonyl (C=O) groups excluding carboxylic acids is 1. The molecule has 0 radical (unpaired) electrons. The van der Waals surface area contributed by atoms with Crippen molar-refractivity contribution in [1.29, 1.82) is 0 Å². The molecule has 0 aromatic carbocycles. The van der Waals surface area contributed by atoms with Crippen molar-refractivity contribution in [1.82, 2.24) is 10.6 Å². The van der Waals surface area contributed by atoms with E-state index in [0.717, 1.165) is 0 Å². The van der Waals surface area contributed by atoms with Crippen molar-refractivity contribution in [2.45, 2.75) is 19.1 Å². The molecule has 0 unspecified atom stereocenters. The second kappa shape index (κ2) is 6.67. The molecule has 16 heavy (non-hydrogen) atoms. The van der Waals surface area contributed by atoms with Crippen LogP contribution < -0.4 is 10.6 Å². The summed E-state index contributed by atoms with van der Waals surface area (Å²) in [6, 6.07) is -0.196. The summed E-state index contributed by atoms with van der Waals surface area (Å²) in [5.41, 5.74) is 0. The van der Waals surface area contributed by atoms with Crippen molar-refractivity contribution >= 4 is 6.03 Å². The van der Waals surface area contributed by atoms with Crippen LogP contribution in [0.25, 0.3) is 0 Å². The van der Waals surface area contributed by atoms with Gasteiger partial charge in [0, 0.05) is 26.6 Å². The zero-order valence-corrected chi connectivity index (χ0v) is 9.88. The number of nitrogens with one attached hydrogen (secondary N) is 2. The lowest BCUT2D eigenvalue weighted by Crippen LogP contribution is -2.40. The van der Waals surface area contributed by atoms with Crippen LogP contribution in [0.3, 0.4) is 0 Å². The third-order valence-electron chi connectivity index (χ3n) is 2.35. The van der Waals surface area contributed by atoms with Gasteiger partial charge in [0.2, 0.25) is 0 Å². The highest BCUT2D eigenvalue weighted by molar-refractivity contribution is 5.73. The number of amides is 2. The Hall–Kier alpha value is -0.850. The monoisotopic (exact) mass is 232 g/mol. The first-order valence-electron chi connectivity index (χ1n) is 5.45. The fourth-order valence-corrected chi connectivity index (χ4v) is 1.43. The first kappa shape index (κ1) is 13.2. The van der Waals surface area contributed by atoms with E-state index in [0.29, 0.717) is 39.3 Å². The fraction of sp³-hybridized carbons (Fsp3) is 0.900. The summed E-state index contributed by atoms with van der Waals surface area (Å²) in [5.74, 6) is -0.542. The molecule has 6 nitrogen and oxygen atoms in total. The number of ether oxygens (including phenoxy) is 3. The van der Waals surface area contributed by atoms with Gasteiger partial charge in [0.1, 0.15) is 0 Å². The van der Waals surface area contributed by atoms with Gasteiger partial charge in [-0.3, -0.25) is 0 Å². The van der Waals surface area contributed by atoms with E-state index in [1.165, 1.54) is 0 Å². The molecule has 1 heterocycles. The average Bonchev–Trinajstić information content (AvgIpc) is 2.66. The smallest absolute Gasteiger partial charge is 0.314 e. The molecule has 1 fully saturated rings. The number of hydrogen-bond donors (Lipinski definition) is 2. The van der Waals surface area contributed by atoms with E-state index in [-0.39, 0.29) is 6.03 Å². The second-order valence-corrected chi connectivity index (χ2v) is 3.76. The molecule has 0 saturated carbocycles. The van der Waals surface area contributed by atoms with Gasteiger partial charge in [0.25, 0.3) is 0 Å². The zero-order chi connectivity index (χ0) is 11.9. The molecule has 0 aromatic rings. The van der Waals surface area contributed by atoms with E-state index in [1.807, 2.05) is 6.92 Å². The predicted octanol–water partition coefficient (Wildman–Crippen LogP) is 0.0851. The SMILES string of the molecule is COCCNC(=O)NCCC1(C)OCCO1. The van der Waals surface area contributed by atoms with E-state index >= 15 is 0 Å². The molecule has 1 rings (SSSR count). The highest BCUT2D eigenvalue weighted by Gasteiger charge is 2.30. The quantitative estimate of drug-likeness (QED) is 0.637. The minimum Gasteiger partial charge on any atom is -0.383 e. The first-order valence-corrected chi connectivity index (χ1v) is 5.45. The maximum atomic E-state index is 11.2. The van der Waals surface area contributed by atoms with Gasteiger partial charge in [-0.1, -0.05) is 0 Å². The lowest BCUT2D eigenvalue weighted by atomic mass is 10.2.